The Morgan fingerprint density at radius 3 is 2.72 bits per heavy atom. The molecular weight excluding hydrogens is 262 g/mol. The first kappa shape index (κ1) is 14.2. The zero-order valence-electron chi connectivity index (χ0n) is 11.0. The summed E-state index contributed by atoms with van der Waals surface area (Å²) in [7, 11) is 0. The molecule has 0 aliphatic heterocycles. The zero-order chi connectivity index (χ0) is 13.0. The minimum Gasteiger partial charge on any atom is -0.327 e. The molecule has 1 aromatic rings. The maximum absolute atomic E-state index is 6.35. The molecule has 0 spiro atoms. The van der Waals surface area contributed by atoms with Crippen LogP contribution in [0.4, 0.5) is 0 Å². The molecule has 2 N–H and O–H groups in total. The van der Waals surface area contributed by atoms with Gasteiger partial charge in [-0.2, -0.15) is 0 Å². The van der Waals surface area contributed by atoms with Crippen LogP contribution in [0.2, 0.25) is 5.02 Å². The van der Waals surface area contributed by atoms with Crippen LogP contribution in [-0.4, -0.2) is 11.3 Å². The topological polar surface area (TPSA) is 26.0 Å². The van der Waals surface area contributed by atoms with Gasteiger partial charge < -0.3 is 5.73 Å². The van der Waals surface area contributed by atoms with E-state index in [4.69, 9.17) is 17.3 Å². The van der Waals surface area contributed by atoms with E-state index in [2.05, 4.69) is 25.1 Å². The van der Waals surface area contributed by atoms with Crippen molar-refractivity contribution in [2.24, 2.45) is 5.73 Å². The smallest absolute Gasteiger partial charge is 0.0449 e. The third-order valence-electron chi connectivity index (χ3n) is 3.64. The van der Waals surface area contributed by atoms with E-state index in [0.717, 1.165) is 23.1 Å². The maximum Gasteiger partial charge on any atom is 0.0449 e. The Balaban J connectivity index is 1.99. The van der Waals surface area contributed by atoms with E-state index in [-0.39, 0.29) is 6.04 Å². The lowest BCUT2D eigenvalue weighted by Gasteiger charge is -2.13. The van der Waals surface area contributed by atoms with Crippen LogP contribution in [0.1, 0.15) is 44.6 Å². The quantitative estimate of drug-likeness (QED) is 0.851. The number of hydrogen-bond donors (Lipinski definition) is 1. The Hall–Kier alpha value is -0.180. The summed E-state index contributed by atoms with van der Waals surface area (Å²) in [6.45, 7) is 2.11. The molecule has 18 heavy (non-hydrogen) atoms. The molecule has 0 aromatic heterocycles. The van der Waals surface area contributed by atoms with Crippen molar-refractivity contribution >= 4 is 23.4 Å². The minimum atomic E-state index is 0.218. The van der Waals surface area contributed by atoms with Gasteiger partial charge in [0.2, 0.25) is 0 Å². The van der Waals surface area contributed by atoms with Crippen molar-refractivity contribution in [2.75, 3.05) is 0 Å². The lowest BCUT2D eigenvalue weighted by atomic mass is 10.1. The van der Waals surface area contributed by atoms with Gasteiger partial charge in [0, 0.05) is 21.2 Å². The Bertz CT molecular complexity index is 388. The van der Waals surface area contributed by atoms with Gasteiger partial charge in [0.1, 0.15) is 0 Å². The summed E-state index contributed by atoms with van der Waals surface area (Å²) in [5.74, 6) is 0. The van der Waals surface area contributed by atoms with Gasteiger partial charge in [0.15, 0.2) is 0 Å². The fourth-order valence-corrected chi connectivity index (χ4v) is 4.00. The second kappa shape index (κ2) is 6.83. The van der Waals surface area contributed by atoms with Gasteiger partial charge in [-0.15, -0.1) is 11.8 Å². The molecule has 0 saturated heterocycles. The summed E-state index contributed by atoms with van der Waals surface area (Å²) in [4.78, 5) is 1.31. The summed E-state index contributed by atoms with van der Waals surface area (Å²) in [6.07, 6.45) is 7.35. The number of hydrogen-bond acceptors (Lipinski definition) is 2. The maximum atomic E-state index is 6.35. The van der Waals surface area contributed by atoms with Gasteiger partial charge in [-0.1, -0.05) is 37.4 Å². The van der Waals surface area contributed by atoms with E-state index >= 15 is 0 Å². The molecule has 0 amide bonds. The van der Waals surface area contributed by atoms with Gasteiger partial charge in [-0.25, -0.2) is 0 Å². The summed E-state index contributed by atoms with van der Waals surface area (Å²) < 4.78 is 0. The van der Waals surface area contributed by atoms with Crippen LogP contribution in [0.25, 0.3) is 0 Å². The number of halogens is 1. The molecule has 2 rings (SSSR count). The highest BCUT2D eigenvalue weighted by Gasteiger charge is 2.16. The van der Waals surface area contributed by atoms with E-state index in [1.165, 1.54) is 36.1 Å². The molecule has 1 unspecified atom stereocenters. The predicted octanol–water partition coefficient (Wildman–Crippen LogP) is 4.65. The number of rotatable bonds is 5. The number of benzene rings is 1. The minimum absolute atomic E-state index is 0.218. The Kier molecular flexibility index (Phi) is 5.40. The van der Waals surface area contributed by atoms with Crippen molar-refractivity contribution in [1.29, 1.82) is 0 Å². The standard InChI is InChI=1S/C15H22ClNS/c1-2-12(17)9-11-7-8-14(10-15(11)16)18-13-5-3-4-6-13/h7-8,10,12-13H,2-6,9,17H2,1H3. The lowest BCUT2D eigenvalue weighted by Crippen LogP contribution is -2.21. The van der Waals surface area contributed by atoms with E-state index in [0.29, 0.717) is 0 Å². The van der Waals surface area contributed by atoms with E-state index in [1.54, 1.807) is 0 Å². The number of nitrogens with two attached hydrogens (primary N) is 1. The van der Waals surface area contributed by atoms with Gasteiger partial charge in [0.05, 0.1) is 0 Å². The van der Waals surface area contributed by atoms with E-state index in [1.807, 2.05) is 11.8 Å². The van der Waals surface area contributed by atoms with Crippen molar-refractivity contribution in [3.05, 3.63) is 28.8 Å². The molecule has 1 aliphatic rings. The first-order chi connectivity index (χ1) is 8.69. The fraction of sp³-hybridized carbons (Fsp3) is 0.600. The second-order valence-electron chi connectivity index (χ2n) is 5.15. The van der Waals surface area contributed by atoms with Crippen molar-refractivity contribution in [3.63, 3.8) is 0 Å². The van der Waals surface area contributed by atoms with Gasteiger partial charge in [-0.3, -0.25) is 0 Å². The van der Waals surface area contributed by atoms with Gasteiger partial charge in [-0.05, 0) is 43.4 Å². The van der Waals surface area contributed by atoms with Crippen LogP contribution in [-0.2, 0) is 6.42 Å². The van der Waals surface area contributed by atoms with Gasteiger partial charge in [0.25, 0.3) is 0 Å². The van der Waals surface area contributed by atoms with Crippen LogP contribution in [0.5, 0.6) is 0 Å². The van der Waals surface area contributed by atoms with Gasteiger partial charge >= 0.3 is 0 Å². The van der Waals surface area contributed by atoms with E-state index in [9.17, 15) is 0 Å². The Morgan fingerprint density at radius 1 is 1.39 bits per heavy atom. The second-order valence-corrected chi connectivity index (χ2v) is 6.93. The van der Waals surface area contributed by atoms with Crippen LogP contribution in [0, 0.1) is 0 Å². The van der Waals surface area contributed by atoms with E-state index < -0.39 is 0 Å². The summed E-state index contributed by atoms with van der Waals surface area (Å²) >= 11 is 8.33. The molecule has 3 heteroatoms. The molecule has 1 atom stereocenters. The lowest BCUT2D eigenvalue weighted by molar-refractivity contribution is 0.646. The molecule has 0 radical (unpaired) electrons. The molecule has 100 valence electrons. The molecule has 1 aromatic carbocycles. The highest BCUT2D eigenvalue weighted by Crippen LogP contribution is 2.36. The molecule has 1 saturated carbocycles. The highest BCUT2D eigenvalue weighted by atomic mass is 35.5. The molecular formula is C15H22ClNS. The molecule has 0 heterocycles. The summed E-state index contributed by atoms with van der Waals surface area (Å²) in [5, 5.41) is 1.67. The van der Waals surface area contributed by atoms with Crippen molar-refractivity contribution < 1.29 is 0 Å². The largest absolute Gasteiger partial charge is 0.327 e. The summed E-state index contributed by atoms with van der Waals surface area (Å²) in [6, 6.07) is 6.68. The van der Waals surface area contributed by atoms with Crippen LogP contribution < -0.4 is 5.73 Å². The zero-order valence-corrected chi connectivity index (χ0v) is 12.6. The van der Waals surface area contributed by atoms with Crippen LogP contribution in [0.3, 0.4) is 0 Å². The van der Waals surface area contributed by atoms with Crippen LogP contribution >= 0.6 is 23.4 Å². The first-order valence-corrected chi connectivity index (χ1v) is 8.15. The number of thioether (sulfide) groups is 1. The third kappa shape index (κ3) is 3.91. The molecule has 1 nitrogen and oxygen atoms in total. The van der Waals surface area contributed by atoms with Crippen molar-refractivity contribution in [1.82, 2.24) is 0 Å². The predicted molar refractivity (Wildman–Crippen MR) is 81.5 cm³/mol. The highest BCUT2D eigenvalue weighted by molar-refractivity contribution is 8.00. The van der Waals surface area contributed by atoms with Crippen LogP contribution in [0.15, 0.2) is 23.1 Å². The summed E-state index contributed by atoms with van der Waals surface area (Å²) in [5.41, 5.74) is 7.16. The first-order valence-electron chi connectivity index (χ1n) is 6.89. The van der Waals surface area contributed by atoms with Crippen molar-refractivity contribution in [3.8, 4) is 0 Å². The van der Waals surface area contributed by atoms with Crippen molar-refractivity contribution in [2.45, 2.75) is 61.6 Å². The molecule has 1 fully saturated rings. The monoisotopic (exact) mass is 283 g/mol. The molecule has 1 aliphatic carbocycles. The average Bonchev–Trinajstić information content (AvgIpc) is 2.85. The fourth-order valence-electron chi connectivity index (χ4n) is 2.39. The SMILES string of the molecule is CCC(N)Cc1ccc(SC2CCCC2)cc1Cl. The Labute approximate surface area is 119 Å². The molecule has 0 bridgehead atoms. The Morgan fingerprint density at radius 2 is 2.11 bits per heavy atom. The normalized spacial score (nSPS) is 18.2. The average molecular weight is 284 g/mol. The third-order valence-corrected chi connectivity index (χ3v) is 5.32.